The SMILES string of the molecule is COc1cc(CCN=C(Nc2cccc(Cl)c2)N2CC[N+](C)(C(=O)c3ccc(-n4ccnc4)cc3)CC2)cc(OC)c1OC. The Morgan fingerprint density at radius 1 is 1.00 bits per heavy atom. The van der Waals surface area contributed by atoms with Crippen LogP contribution in [0, 0.1) is 0 Å². The zero-order valence-electron chi connectivity index (χ0n) is 25.5. The number of likely N-dealkylation sites (N-methyl/N-ethyl adjacent to an activating group) is 1. The van der Waals surface area contributed by atoms with Gasteiger partial charge in [0, 0.05) is 35.3 Å². The van der Waals surface area contributed by atoms with Gasteiger partial charge in [0.15, 0.2) is 17.5 Å². The van der Waals surface area contributed by atoms with Gasteiger partial charge in [-0.25, -0.2) is 9.78 Å². The molecule has 0 aliphatic carbocycles. The van der Waals surface area contributed by atoms with Crippen LogP contribution >= 0.6 is 11.6 Å². The Hall–Kier alpha value is -4.54. The highest BCUT2D eigenvalue weighted by Crippen LogP contribution is 2.38. The molecule has 0 saturated carbocycles. The highest BCUT2D eigenvalue weighted by atomic mass is 35.5. The number of nitrogens with one attached hydrogen (secondary N) is 1. The van der Waals surface area contributed by atoms with E-state index in [-0.39, 0.29) is 5.91 Å². The van der Waals surface area contributed by atoms with Gasteiger partial charge in [0.2, 0.25) is 5.75 Å². The Balaban J connectivity index is 1.30. The summed E-state index contributed by atoms with van der Waals surface area (Å²) in [7, 11) is 6.81. The number of hydrogen-bond acceptors (Lipinski definition) is 6. The lowest BCUT2D eigenvalue weighted by Gasteiger charge is -2.41. The largest absolute Gasteiger partial charge is 0.493 e. The van der Waals surface area contributed by atoms with Crippen molar-refractivity contribution in [2.24, 2.45) is 4.99 Å². The summed E-state index contributed by atoms with van der Waals surface area (Å²) in [6.07, 6.45) is 6.01. The zero-order valence-corrected chi connectivity index (χ0v) is 26.3. The summed E-state index contributed by atoms with van der Waals surface area (Å²) >= 11 is 6.28. The van der Waals surface area contributed by atoms with Crippen LogP contribution in [0.4, 0.5) is 5.69 Å². The van der Waals surface area contributed by atoms with E-state index >= 15 is 0 Å². The normalized spacial score (nSPS) is 14.7. The third kappa shape index (κ3) is 6.98. The van der Waals surface area contributed by atoms with Crippen molar-refractivity contribution in [3.8, 4) is 22.9 Å². The van der Waals surface area contributed by atoms with Crippen molar-refractivity contribution < 1.29 is 23.5 Å². The minimum atomic E-state index is 0.102. The molecule has 0 spiro atoms. The van der Waals surface area contributed by atoms with E-state index in [1.807, 2.05) is 78.5 Å². The molecule has 0 radical (unpaired) electrons. The Morgan fingerprint density at radius 3 is 2.30 bits per heavy atom. The number of amides is 1. The molecule has 10 nitrogen and oxygen atoms in total. The average Bonchev–Trinajstić information content (AvgIpc) is 3.59. The Bertz CT molecular complexity index is 1570. The van der Waals surface area contributed by atoms with Gasteiger partial charge in [-0.05, 0) is 66.6 Å². The molecule has 0 atom stereocenters. The third-order valence-electron chi connectivity index (χ3n) is 7.90. The number of aliphatic imine (C=N–C) groups is 1. The van der Waals surface area contributed by atoms with Gasteiger partial charge in [0.1, 0.15) is 13.1 Å². The summed E-state index contributed by atoms with van der Waals surface area (Å²) in [5, 5.41) is 4.11. The number of carbonyl (C=O) groups is 1. The molecule has 44 heavy (non-hydrogen) atoms. The maximum absolute atomic E-state index is 13.6. The molecule has 1 N–H and O–H groups in total. The van der Waals surface area contributed by atoms with Crippen LogP contribution in [-0.4, -0.2) is 91.9 Å². The van der Waals surface area contributed by atoms with Crippen molar-refractivity contribution in [1.82, 2.24) is 14.5 Å². The number of ether oxygens (including phenoxy) is 3. The highest BCUT2D eigenvalue weighted by Gasteiger charge is 2.37. The van der Waals surface area contributed by atoms with Gasteiger partial charge < -0.3 is 29.0 Å². The number of methoxy groups -OCH3 is 3. The number of aromatic nitrogens is 2. The molecule has 3 aromatic carbocycles. The molecule has 0 unspecified atom stereocenters. The first kappa shape index (κ1) is 30.9. The quantitative estimate of drug-likeness (QED) is 0.158. The van der Waals surface area contributed by atoms with Crippen LogP contribution in [-0.2, 0) is 6.42 Å². The molecule has 11 heteroatoms. The van der Waals surface area contributed by atoms with Crippen LogP contribution in [0.5, 0.6) is 17.2 Å². The van der Waals surface area contributed by atoms with E-state index in [0.717, 1.165) is 22.9 Å². The van der Waals surface area contributed by atoms with Crippen LogP contribution in [0.15, 0.2) is 84.4 Å². The lowest BCUT2D eigenvalue weighted by atomic mass is 10.1. The molecular formula is C33H38ClN6O4+. The van der Waals surface area contributed by atoms with E-state index in [1.54, 1.807) is 33.9 Å². The van der Waals surface area contributed by atoms with Crippen LogP contribution in [0.25, 0.3) is 5.69 Å². The Labute approximate surface area is 263 Å². The zero-order chi connectivity index (χ0) is 31.1. The standard InChI is InChI=1S/C33H38ClN6O4/c1-40(32(41)25-8-10-28(11-9-25)39-15-14-35-23-39)18-16-38(17-19-40)33(37-27-7-5-6-26(34)22-27)36-13-12-24-20-29(42-2)31(44-4)30(21-24)43-3/h5-11,14-15,20-23H,12-13,16-19H2,1-4H3,(H,36,37)/q+1. The van der Waals surface area contributed by atoms with E-state index in [2.05, 4.69) is 15.2 Å². The second-order valence-corrected chi connectivity index (χ2v) is 11.2. The molecule has 4 aromatic rings. The van der Waals surface area contributed by atoms with Gasteiger partial charge in [-0.1, -0.05) is 17.7 Å². The molecule has 1 fully saturated rings. The molecule has 5 rings (SSSR count). The lowest BCUT2D eigenvalue weighted by molar-refractivity contribution is -0.833. The summed E-state index contributed by atoms with van der Waals surface area (Å²) < 4.78 is 18.7. The Kier molecular flexibility index (Phi) is 9.72. The Morgan fingerprint density at radius 2 is 1.70 bits per heavy atom. The molecule has 1 aromatic heterocycles. The van der Waals surface area contributed by atoms with Crippen LogP contribution in [0.2, 0.25) is 5.02 Å². The number of nitrogens with zero attached hydrogens (tertiary/aromatic N) is 5. The summed E-state index contributed by atoms with van der Waals surface area (Å²) in [5.74, 6) is 2.62. The number of carbonyl (C=O) groups excluding carboxylic acids is 1. The van der Waals surface area contributed by atoms with E-state index in [0.29, 0.717) is 71.5 Å². The maximum Gasteiger partial charge on any atom is 0.345 e. The summed E-state index contributed by atoms with van der Waals surface area (Å²) in [6.45, 7) is 3.13. The molecule has 1 amide bonds. The third-order valence-corrected chi connectivity index (χ3v) is 8.14. The fourth-order valence-corrected chi connectivity index (χ4v) is 5.50. The van der Waals surface area contributed by atoms with Gasteiger partial charge >= 0.3 is 5.91 Å². The number of quaternary nitrogens is 1. The fourth-order valence-electron chi connectivity index (χ4n) is 5.31. The van der Waals surface area contributed by atoms with E-state index in [9.17, 15) is 4.79 Å². The highest BCUT2D eigenvalue weighted by molar-refractivity contribution is 6.30. The molecule has 2 heterocycles. The van der Waals surface area contributed by atoms with Crippen molar-refractivity contribution in [2.45, 2.75) is 6.42 Å². The average molecular weight is 618 g/mol. The number of halogens is 1. The summed E-state index contributed by atoms with van der Waals surface area (Å²) in [4.78, 5) is 24.9. The minimum Gasteiger partial charge on any atom is -0.493 e. The number of benzene rings is 3. The topological polar surface area (TPSA) is 90.2 Å². The van der Waals surface area contributed by atoms with Crippen LogP contribution < -0.4 is 19.5 Å². The van der Waals surface area contributed by atoms with E-state index in [4.69, 9.17) is 30.8 Å². The first-order valence-electron chi connectivity index (χ1n) is 14.4. The van der Waals surface area contributed by atoms with Crippen LogP contribution in [0.1, 0.15) is 15.9 Å². The summed E-state index contributed by atoms with van der Waals surface area (Å²) in [6, 6.07) is 19.1. The van der Waals surface area contributed by atoms with Gasteiger partial charge in [-0.2, -0.15) is 0 Å². The minimum absolute atomic E-state index is 0.102. The maximum atomic E-state index is 13.6. The molecule has 0 bridgehead atoms. The van der Waals surface area contributed by atoms with Crippen molar-refractivity contribution in [3.63, 3.8) is 0 Å². The smallest absolute Gasteiger partial charge is 0.345 e. The molecule has 1 aliphatic heterocycles. The van der Waals surface area contributed by atoms with Gasteiger partial charge in [-0.15, -0.1) is 0 Å². The van der Waals surface area contributed by atoms with Crippen molar-refractivity contribution in [3.05, 3.63) is 95.5 Å². The molecule has 1 aliphatic rings. The predicted octanol–water partition coefficient (Wildman–Crippen LogP) is 5.16. The van der Waals surface area contributed by atoms with E-state index < -0.39 is 0 Å². The van der Waals surface area contributed by atoms with Gasteiger partial charge in [0.05, 0.1) is 53.4 Å². The van der Waals surface area contributed by atoms with Crippen molar-refractivity contribution in [1.29, 1.82) is 0 Å². The molecule has 230 valence electrons. The van der Waals surface area contributed by atoms with Crippen molar-refractivity contribution >= 4 is 29.2 Å². The second-order valence-electron chi connectivity index (χ2n) is 10.8. The number of rotatable bonds is 9. The number of guanidine groups is 1. The fraction of sp³-hybridized carbons (Fsp3) is 0.303. The first-order valence-corrected chi connectivity index (χ1v) is 14.8. The molecular weight excluding hydrogens is 580 g/mol. The van der Waals surface area contributed by atoms with Crippen molar-refractivity contribution in [2.75, 3.05) is 66.4 Å². The number of imidazole rings is 1. The lowest BCUT2D eigenvalue weighted by Crippen LogP contribution is -2.61. The number of hydrogen-bond donors (Lipinski definition) is 1. The first-order chi connectivity index (χ1) is 21.3. The number of piperazine rings is 1. The second kappa shape index (κ2) is 13.8. The van der Waals surface area contributed by atoms with Gasteiger partial charge in [0.25, 0.3) is 0 Å². The molecule has 1 saturated heterocycles. The van der Waals surface area contributed by atoms with E-state index in [1.165, 1.54) is 0 Å². The monoisotopic (exact) mass is 617 g/mol. The predicted molar refractivity (Wildman–Crippen MR) is 173 cm³/mol. The van der Waals surface area contributed by atoms with Gasteiger partial charge in [-0.3, -0.25) is 9.48 Å². The number of anilines is 1. The van der Waals surface area contributed by atoms with Crippen LogP contribution in [0.3, 0.4) is 0 Å². The summed E-state index contributed by atoms with van der Waals surface area (Å²) in [5.41, 5.74) is 3.52.